The van der Waals surface area contributed by atoms with Crippen molar-refractivity contribution in [3.05, 3.63) is 47.9 Å². The quantitative estimate of drug-likeness (QED) is 0.571. The normalized spacial score (nSPS) is 14.8. The van der Waals surface area contributed by atoms with Crippen LogP contribution < -0.4 is 15.2 Å². The van der Waals surface area contributed by atoms with Crippen molar-refractivity contribution in [3.63, 3.8) is 0 Å². The van der Waals surface area contributed by atoms with E-state index in [9.17, 15) is 0 Å². The summed E-state index contributed by atoms with van der Waals surface area (Å²) in [7, 11) is 1.64. The Balaban J connectivity index is 1.64. The highest BCUT2D eigenvalue weighted by molar-refractivity contribution is 7.80. The SMILES string of the molecule is COCc1ccc(Oc2cc(OC3CCOCC3)c3[nH]c(C(N)=S)cc3c2)cn1. The average Bonchev–Trinajstić information content (AvgIpc) is 3.15. The molecule has 0 spiro atoms. The predicted octanol–water partition coefficient (Wildman–Crippen LogP) is 3.69. The van der Waals surface area contributed by atoms with Crippen LogP contribution in [-0.4, -0.2) is 41.4 Å². The Morgan fingerprint density at radius 3 is 2.76 bits per heavy atom. The molecule has 0 bridgehead atoms. The lowest BCUT2D eigenvalue weighted by Crippen LogP contribution is -2.26. The Morgan fingerprint density at radius 1 is 1.24 bits per heavy atom. The van der Waals surface area contributed by atoms with Gasteiger partial charge in [0.2, 0.25) is 0 Å². The first-order chi connectivity index (χ1) is 14.1. The van der Waals surface area contributed by atoms with Crippen LogP contribution in [-0.2, 0) is 16.1 Å². The van der Waals surface area contributed by atoms with Crippen molar-refractivity contribution in [2.24, 2.45) is 5.73 Å². The van der Waals surface area contributed by atoms with Crippen LogP contribution in [0.15, 0.2) is 36.5 Å². The summed E-state index contributed by atoms with van der Waals surface area (Å²) in [6.45, 7) is 1.86. The molecule has 0 unspecified atom stereocenters. The first-order valence-corrected chi connectivity index (χ1v) is 9.86. The van der Waals surface area contributed by atoms with Gasteiger partial charge in [0.1, 0.15) is 28.3 Å². The molecule has 1 fully saturated rings. The zero-order valence-corrected chi connectivity index (χ0v) is 17.0. The molecule has 7 nitrogen and oxygen atoms in total. The average molecular weight is 413 g/mol. The summed E-state index contributed by atoms with van der Waals surface area (Å²) in [5.41, 5.74) is 8.18. The molecule has 152 valence electrons. The number of hydrogen-bond donors (Lipinski definition) is 2. The van der Waals surface area contributed by atoms with Gasteiger partial charge in [0, 0.05) is 31.4 Å². The molecule has 0 atom stereocenters. The van der Waals surface area contributed by atoms with Crippen molar-refractivity contribution in [3.8, 4) is 17.2 Å². The fourth-order valence-corrected chi connectivity index (χ4v) is 3.39. The minimum Gasteiger partial charge on any atom is -0.488 e. The first kappa shape index (κ1) is 19.6. The summed E-state index contributed by atoms with van der Waals surface area (Å²) < 4.78 is 22.8. The third-order valence-corrected chi connectivity index (χ3v) is 4.94. The van der Waals surface area contributed by atoms with E-state index in [-0.39, 0.29) is 6.10 Å². The zero-order chi connectivity index (χ0) is 20.2. The van der Waals surface area contributed by atoms with Gasteiger partial charge in [-0.2, -0.15) is 0 Å². The van der Waals surface area contributed by atoms with E-state index in [4.69, 9.17) is 36.9 Å². The van der Waals surface area contributed by atoms with Crippen molar-refractivity contribution < 1.29 is 18.9 Å². The molecule has 1 aliphatic rings. The fourth-order valence-electron chi connectivity index (χ4n) is 3.28. The number of aromatic amines is 1. The van der Waals surface area contributed by atoms with Crippen LogP contribution in [0.2, 0.25) is 0 Å². The summed E-state index contributed by atoms with van der Waals surface area (Å²) in [4.78, 5) is 7.90. The molecule has 0 saturated carbocycles. The number of nitrogens with two attached hydrogens (primary N) is 1. The maximum absolute atomic E-state index is 6.28. The number of benzene rings is 1. The molecule has 3 heterocycles. The summed E-state index contributed by atoms with van der Waals surface area (Å²) in [5, 5.41) is 0.913. The minimum atomic E-state index is 0.0915. The Bertz CT molecular complexity index is 997. The molecular formula is C21H23N3O4S. The number of ether oxygens (including phenoxy) is 4. The number of pyridine rings is 1. The molecule has 3 N–H and O–H groups in total. The number of aromatic nitrogens is 2. The van der Waals surface area contributed by atoms with E-state index in [2.05, 4.69) is 9.97 Å². The molecule has 0 radical (unpaired) electrons. The van der Waals surface area contributed by atoms with Crippen molar-refractivity contribution in [2.75, 3.05) is 20.3 Å². The summed E-state index contributed by atoms with van der Waals surface area (Å²) in [5.74, 6) is 1.98. The number of rotatable bonds is 7. The Labute approximate surface area is 174 Å². The highest BCUT2D eigenvalue weighted by atomic mass is 32.1. The monoisotopic (exact) mass is 413 g/mol. The molecule has 8 heteroatoms. The number of hydrogen-bond acceptors (Lipinski definition) is 6. The van der Waals surface area contributed by atoms with Crippen molar-refractivity contribution >= 4 is 28.1 Å². The first-order valence-electron chi connectivity index (χ1n) is 9.45. The van der Waals surface area contributed by atoms with Gasteiger partial charge in [0.15, 0.2) is 0 Å². The third-order valence-electron chi connectivity index (χ3n) is 4.72. The zero-order valence-electron chi connectivity index (χ0n) is 16.1. The molecule has 0 aliphatic carbocycles. The lowest BCUT2D eigenvalue weighted by atomic mass is 10.1. The van der Waals surface area contributed by atoms with Crippen LogP contribution in [0.4, 0.5) is 0 Å². The molecule has 0 amide bonds. The molecule has 4 rings (SSSR count). The van der Waals surface area contributed by atoms with Gasteiger partial charge in [-0.15, -0.1) is 0 Å². The van der Waals surface area contributed by atoms with Gasteiger partial charge in [0.05, 0.1) is 42.9 Å². The molecular weight excluding hydrogens is 390 g/mol. The van der Waals surface area contributed by atoms with E-state index in [1.54, 1.807) is 13.3 Å². The molecule has 1 aliphatic heterocycles. The number of methoxy groups -OCH3 is 1. The Kier molecular flexibility index (Phi) is 5.94. The van der Waals surface area contributed by atoms with Gasteiger partial charge in [-0.3, -0.25) is 4.98 Å². The molecule has 2 aromatic heterocycles. The number of thiocarbonyl (C=S) groups is 1. The third kappa shape index (κ3) is 4.67. The summed E-state index contributed by atoms with van der Waals surface area (Å²) in [6.07, 6.45) is 3.46. The lowest BCUT2D eigenvalue weighted by Gasteiger charge is -2.24. The van der Waals surface area contributed by atoms with Crippen molar-refractivity contribution in [2.45, 2.75) is 25.6 Å². The van der Waals surface area contributed by atoms with Gasteiger partial charge in [-0.1, -0.05) is 12.2 Å². The van der Waals surface area contributed by atoms with Gasteiger partial charge < -0.3 is 29.7 Å². The lowest BCUT2D eigenvalue weighted by molar-refractivity contribution is 0.0260. The van der Waals surface area contributed by atoms with Crippen LogP contribution in [0.5, 0.6) is 17.2 Å². The maximum atomic E-state index is 6.28. The van der Waals surface area contributed by atoms with E-state index < -0.39 is 0 Å². The highest BCUT2D eigenvalue weighted by Crippen LogP contribution is 2.35. The highest BCUT2D eigenvalue weighted by Gasteiger charge is 2.19. The second kappa shape index (κ2) is 8.77. The Hall–Kier alpha value is -2.68. The van der Waals surface area contributed by atoms with Crippen molar-refractivity contribution in [1.29, 1.82) is 0 Å². The van der Waals surface area contributed by atoms with Crippen LogP contribution in [0.25, 0.3) is 10.9 Å². The summed E-state index contributed by atoms with van der Waals surface area (Å²) in [6, 6.07) is 9.44. The second-order valence-electron chi connectivity index (χ2n) is 6.88. The van der Waals surface area contributed by atoms with Crippen LogP contribution in [0.1, 0.15) is 24.2 Å². The van der Waals surface area contributed by atoms with E-state index >= 15 is 0 Å². The smallest absolute Gasteiger partial charge is 0.147 e. The van der Waals surface area contributed by atoms with Gasteiger partial charge in [-0.05, 0) is 24.3 Å². The van der Waals surface area contributed by atoms with E-state index in [1.807, 2.05) is 30.3 Å². The second-order valence-corrected chi connectivity index (χ2v) is 7.32. The van der Waals surface area contributed by atoms with Gasteiger partial charge in [0.25, 0.3) is 0 Å². The van der Waals surface area contributed by atoms with Crippen LogP contribution in [0.3, 0.4) is 0 Å². The van der Waals surface area contributed by atoms with Crippen molar-refractivity contribution in [1.82, 2.24) is 9.97 Å². The van der Waals surface area contributed by atoms with Crippen LogP contribution >= 0.6 is 12.2 Å². The largest absolute Gasteiger partial charge is 0.488 e. The van der Waals surface area contributed by atoms with E-state index in [0.29, 0.717) is 47.8 Å². The molecule has 1 aromatic carbocycles. The Morgan fingerprint density at radius 2 is 2.07 bits per heavy atom. The predicted molar refractivity (Wildman–Crippen MR) is 114 cm³/mol. The molecule has 3 aromatic rings. The number of nitrogens with one attached hydrogen (secondary N) is 1. The van der Waals surface area contributed by atoms with Crippen LogP contribution in [0, 0.1) is 0 Å². The molecule has 1 saturated heterocycles. The fraction of sp³-hybridized carbons (Fsp3) is 0.333. The topological polar surface area (TPSA) is 91.6 Å². The number of nitrogens with zero attached hydrogens (tertiary/aromatic N) is 1. The minimum absolute atomic E-state index is 0.0915. The molecule has 29 heavy (non-hydrogen) atoms. The maximum Gasteiger partial charge on any atom is 0.147 e. The number of H-pyrrole nitrogens is 1. The number of fused-ring (bicyclic) bond motifs is 1. The standard InChI is InChI=1S/C21H23N3O4S/c1-25-12-14-2-3-16(11-23-14)27-17-8-13-9-18(21(22)29)24-20(13)19(10-17)28-15-4-6-26-7-5-15/h2-3,8-11,15,24H,4-7,12H2,1H3,(H2,22,29). The van der Waals surface area contributed by atoms with E-state index in [1.165, 1.54) is 0 Å². The van der Waals surface area contributed by atoms with E-state index in [0.717, 1.165) is 29.4 Å². The van der Waals surface area contributed by atoms with Gasteiger partial charge >= 0.3 is 0 Å². The van der Waals surface area contributed by atoms with Gasteiger partial charge in [-0.25, -0.2) is 0 Å². The summed E-state index contributed by atoms with van der Waals surface area (Å²) >= 11 is 5.12.